The molecule has 0 bridgehead atoms. The number of ether oxygens (including phenoxy) is 2. The molecule has 0 heterocycles. The molecule has 1 atom stereocenters. The molecule has 1 unspecified atom stereocenters. The van der Waals surface area contributed by atoms with Crippen LogP contribution in [0.1, 0.15) is 0 Å². The number of likely N-dealkylation sites (N-methyl/N-ethyl adjacent to an activating group) is 1. The number of nitrogens with zero attached hydrogens (tertiary/aromatic N) is 1. The van der Waals surface area contributed by atoms with E-state index in [0.717, 1.165) is 0 Å². The summed E-state index contributed by atoms with van der Waals surface area (Å²) in [4.78, 5) is 13.3. The van der Waals surface area contributed by atoms with E-state index in [0.29, 0.717) is 18.9 Å². The first-order chi connectivity index (χ1) is 8.09. The minimum Gasteiger partial charge on any atom is -0.463 e. The van der Waals surface area contributed by atoms with Crippen molar-refractivity contribution in [3.63, 3.8) is 0 Å². The summed E-state index contributed by atoms with van der Waals surface area (Å²) in [5.74, 6) is -0.0329. The van der Waals surface area contributed by atoms with Gasteiger partial charge in [0.05, 0.1) is 0 Å². The van der Waals surface area contributed by atoms with Crippen LogP contribution in [0.4, 0.5) is 0 Å². The number of carbonyl (C=O) groups is 1. The minimum absolute atomic E-state index is 0.299. The quantitative estimate of drug-likeness (QED) is 0.575. The molecule has 0 aliphatic carbocycles. The summed E-state index contributed by atoms with van der Waals surface area (Å²) >= 11 is 5.77. The molecule has 0 aliphatic heterocycles. The second-order valence-corrected chi connectivity index (χ2v) is 4.11. The third-order valence-corrected chi connectivity index (χ3v) is 2.22. The van der Waals surface area contributed by atoms with Crippen LogP contribution in [-0.4, -0.2) is 43.7 Å². The van der Waals surface area contributed by atoms with Crippen LogP contribution in [0, 0.1) is 0 Å². The molecule has 0 aliphatic rings. The van der Waals surface area contributed by atoms with Crippen LogP contribution in [0.15, 0.2) is 30.3 Å². The van der Waals surface area contributed by atoms with Crippen LogP contribution in [0.2, 0.25) is 0 Å². The van der Waals surface area contributed by atoms with Crippen molar-refractivity contribution in [2.24, 2.45) is 0 Å². The number of alkyl halides is 1. The van der Waals surface area contributed by atoms with Gasteiger partial charge in [-0.3, -0.25) is 0 Å². The van der Waals surface area contributed by atoms with Gasteiger partial charge in [0.2, 0.25) is 0 Å². The number of esters is 1. The molecule has 94 valence electrons. The third-order valence-electron chi connectivity index (χ3n) is 1.95. The summed E-state index contributed by atoms with van der Waals surface area (Å²) in [6.07, 6.45) is 0. The van der Waals surface area contributed by atoms with E-state index >= 15 is 0 Å². The van der Waals surface area contributed by atoms with E-state index in [1.807, 2.05) is 25.1 Å². The first-order valence-electron chi connectivity index (χ1n) is 5.26. The molecule has 0 fully saturated rings. The van der Waals surface area contributed by atoms with Crippen LogP contribution in [0.25, 0.3) is 0 Å². The first-order valence-corrected chi connectivity index (χ1v) is 5.70. The number of hydrogen-bond donors (Lipinski definition) is 0. The molecule has 1 aromatic carbocycles. The first kappa shape index (κ1) is 13.8. The van der Waals surface area contributed by atoms with Gasteiger partial charge >= 0.3 is 5.97 Å². The fourth-order valence-corrected chi connectivity index (χ4v) is 1.23. The van der Waals surface area contributed by atoms with E-state index in [4.69, 9.17) is 21.1 Å². The van der Waals surface area contributed by atoms with Crippen LogP contribution < -0.4 is 4.74 Å². The highest BCUT2D eigenvalue weighted by atomic mass is 35.5. The van der Waals surface area contributed by atoms with Crippen molar-refractivity contribution < 1.29 is 14.3 Å². The standard InChI is InChI=1S/C12H16ClNO3/c1-14(2)8-9-16-12(15)11(13)17-10-6-4-3-5-7-10/h3-7,11H,8-9H2,1-2H3. The Kier molecular flexibility index (Phi) is 5.80. The number of halogens is 1. The average molecular weight is 258 g/mol. The van der Waals surface area contributed by atoms with Gasteiger partial charge in [0, 0.05) is 6.54 Å². The van der Waals surface area contributed by atoms with E-state index in [1.165, 1.54) is 0 Å². The van der Waals surface area contributed by atoms with Crippen molar-refractivity contribution in [2.45, 2.75) is 5.56 Å². The maximum Gasteiger partial charge on any atom is 0.363 e. The van der Waals surface area contributed by atoms with Gasteiger partial charge in [-0.2, -0.15) is 0 Å². The summed E-state index contributed by atoms with van der Waals surface area (Å²) < 4.78 is 10.2. The fraction of sp³-hybridized carbons (Fsp3) is 0.417. The van der Waals surface area contributed by atoms with Gasteiger partial charge in [-0.05, 0) is 26.2 Å². The third kappa shape index (κ3) is 5.56. The van der Waals surface area contributed by atoms with Gasteiger partial charge < -0.3 is 14.4 Å². The maximum atomic E-state index is 11.4. The summed E-state index contributed by atoms with van der Waals surface area (Å²) in [7, 11) is 3.79. The molecule has 0 N–H and O–H groups in total. The van der Waals surface area contributed by atoms with E-state index in [9.17, 15) is 4.79 Å². The molecular formula is C12H16ClNO3. The molecule has 0 saturated carbocycles. The molecule has 0 aromatic heterocycles. The largest absolute Gasteiger partial charge is 0.463 e. The fourth-order valence-electron chi connectivity index (χ4n) is 1.06. The predicted octanol–water partition coefficient (Wildman–Crippen LogP) is 1.74. The molecule has 1 rings (SSSR count). The minimum atomic E-state index is -1.11. The highest BCUT2D eigenvalue weighted by Crippen LogP contribution is 2.13. The molecule has 0 spiro atoms. The number of benzene rings is 1. The normalized spacial score (nSPS) is 12.2. The highest BCUT2D eigenvalue weighted by Gasteiger charge is 2.18. The Hall–Kier alpha value is -1.26. The van der Waals surface area contributed by atoms with E-state index in [2.05, 4.69) is 0 Å². The molecule has 0 radical (unpaired) electrons. The summed E-state index contributed by atoms with van der Waals surface area (Å²) in [6, 6.07) is 8.91. The van der Waals surface area contributed by atoms with E-state index in [1.54, 1.807) is 24.3 Å². The van der Waals surface area contributed by atoms with Crippen molar-refractivity contribution in [2.75, 3.05) is 27.2 Å². The second kappa shape index (κ2) is 7.14. The highest BCUT2D eigenvalue weighted by molar-refractivity contribution is 6.28. The lowest BCUT2D eigenvalue weighted by Crippen LogP contribution is -2.27. The Morgan fingerprint density at radius 3 is 2.59 bits per heavy atom. The van der Waals surface area contributed by atoms with Gasteiger partial charge in [-0.15, -0.1) is 0 Å². The van der Waals surface area contributed by atoms with Crippen LogP contribution in [0.3, 0.4) is 0 Å². The second-order valence-electron chi connectivity index (χ2n) is 3.72. The number of para-hydroxylation sites is 1. The molecule has 5 heteroatoms. The van der Waals surface area contributed by atoms with Crippen molar-refractivity contribution in [1.29, 1.82) is 0 Å². The number of rotatable bonds is 6. The maximum absolute atomic E-state index is 11.4. The zero-order valence-electron chi connectivity index (χ0n) is 9.93. The van der Waals surface area contributed by atoms with Crippen LogP contribution in [-0.2, 0) is 9.53 Å². The molecule has 1 aromatic rings. The summed E-state index contributed by atoms with van der Waals surface area (Å²) in [5.41, 5.74) is -1.11. The van der Waals surface area contributed by atoms with E-state index < -0.39 is 11.5 Å². The predicted molar refractivity (Wildman–Crippen MR) is 66.2 cm³/mol. The van der Waals surface area contributed by atoms with Crippen LogP contribution in [0.5, 0.6) is 5.75 Å². The average Bonchev–Trinajstić information content (AvgIpc) is 2.29. The molecule has 0 amide bonds. The SMILES string of the molecule is CN(C)CCOC(=O)C(Cl)Oc1ccccc1. The number of carbonyl (C=O) groups excluding carboxylic acids is 1. The van der Waals surface area contributed by atoms with Crippen molar-refractivity contribution in [1.82, 2.24) is 4.90 Å². The summed E-state index contributed by atoms with van der Waals surface area (Å²) in [6.45, 7) is 0.952. The van der Waals surface area contributed by atoms with E-state index in [-0.39, 0.29) is 0 Å². The number of hydrogen-bond acceptors (Lipinski definition) is 4. The molecule has 0 saturated heterocycles. The van der Waals surface area contributed by atoms with Gasteiger partial charge in [0.1, 0.15) is 12.4 Å². The zero-order chi connectivity index (χ0) is 12.7. The van der Waals surface area contributed by atoms with Crippen molar-refractivity contribution >= 4 is 17.6 Å². The zero-order valence-corrected chi connectivity index (χ0v) is 10.7. The lowest BCUT2D eigenvalue weighted by molar-refractivity contribution is -0.148. The monoisotopic (exact) mass is 257 g/mol. The Balaban J connectivity index is 2.32. The molecule has 4 nitrogen and oxygen atoms in total. The smallest absolute Gasteiger partial charge is 0.363 e. The van der Waals surface area contributed by atoms with Gasteiger partial charge in [-0.25, -0.2) is 4.79 Å². The Bertz CT molecular complexity index is 343. The lowest BCUT2D eigenvalue weighted by atomic mass is 10.3. The topological polar surface area (TPSA) is 38.8 Å². The van der Waals surface area contributed by atoms with Gasteiger partial charge in [0.25, 0.3) is 5.56 Å². The van der Waals surface area contributed by atoms with Crippen molar-refractivity contribution in [3.05, 3.63) is 30.3 Å². The van der Waals surface area contributed by atoms with Gasteiger partial charge in [-0.1, -0.05) is 29.8 Å². The Labute approximate surface area is 106 Å². The van der Waals surface area contributed by atoms with Crippen molar-refractivity contribution in [3.8, 4) is 5.75 Å². The molecular weight excluding hydrogens is 242 g/mol. The lowest BCUT2D eigenvalue weighted by Gasteiger charge is -2.13. The molecule has 17 heavy (non-hydrogen) atoms. The van der Waals surface area contributed by atoms with Gasteiger partial charge in [0.15, 0.2) is 0 Å². The Morgan fingerprint density at radius 1 is 1.35 bits per heavy atom. The summed E-state index contributed by atoms with van der Waals surface area (Å²) in [5, 5.41) is 0. The van der Waals surface area contributed by atoms with Crippen LogP contribution >= 0.6 is 11.6 Å². The Morgan fingerprint density at radius 2 is 2.00 bits per heavy atom.